The van der Waals surface area contributed by atoms with E-state index in [1.165, 1.54) is 18.2 Å². The van der Waals surface area contributed by atoms with Crippen molar-refractivity contribution in [1.29, 1.82) is 0 Å². The molecule has 0 spiro atoms. The van der Waals surface area contributed by atoms with Gasteiger partial charge >= 0.3 is 0 Å². The molecular weight excluding hydrogens is 511 g/mol. The number of carbonyl (C=O) groups excluding carboxylic acids is 2. The molecule has 0 saturated carbocycles. The first-order valence-electron chi connectivity index (χ1n) is 10.3. The predicted octanol–water partition coefficient (Wildman–Crippen LogP) is 4.55. The van der Waals surface area contributed by atoms with Gasteiger partial charge in [0, 0.05) is 11.3 Å². The lowest BCUT2D eigenvalue weighted by Gasteiger charge is -2.22. The number of anilines is 2. The van der Waals surface area contributed by atoms with E-state index in [2.05, 4.69) is 15.8 Å². The summed E-state index contributed by atoms with van der Waals surface area (Å²) in [6, 6.07) is 20.2. The summed E-state index contributed by atoms with van der Waals surface area (Å²) in [7, 11) is -3.84. The largest absolute Gasteiger partial charge is 0.322 e. The number of nitrogens with one attached hydrogen (secondary N) is 2. The van der Waals surface area contributed by atoms with Gasteiger partial charge < -0.3 is 5.32 Å². The minimum Gasteiger partial charge on any atom is -0.322 e. The molecule has 0 heterocycles. The Morgan fingerprint density at radius 1 is 0.943 bits per heavy atom. The number of hydrogen-bond acceptors (Lipinski definition) is 5. The van der Waals surface area contributed by atoms with Crippen LogP contribution in [0.5, 0.6) is 0 Å². The summed E-state index contributed by atoms with van der Waals surface area (Å²) in [5.74, 6) is -0.939. The van der Waals surface area contributed by atoms with Gasteiger partial charge in [0.2, 0.25) is 10.0 Å². The average Bonchev–Trinajstić information content (AvgIpc) is 2.83. The average molecular weight is 533 g/mol. The van der Waals surface area contributed by atoms with E-state index in [1.807, 2.05) is 6.07 Å². The maximum atomic E-state index is 12.5. The van der Waals surface area contributed by atoms with Crippen molar-refractivity contribution in [1.82, 2.24) is 5.43 Å². The van der Waals surface area contributed by atoms with E-state index in [0.717, 1.165) is 10.6 Å². The Labute approximate surface area is 213 Å². The second-order valence-electron chi connectivity index (χ2n) is 7.48. The van der Waals surface area contributed by atoms with Crippen LogP contribution in [0.4, 0.5) is 11.4 Å². The molecule has 2 amide bonds. The van der Waals surface area contributed by atoms with Crippen molar-refractivity contribution < 1.29 is 18.0 Å². The first-order chi connectivity index (χ1) is 16.6. The molecule has 3 rings (SSSR count). The maximum absolute atomic E-state index is 12.5. The van der Waals surface area contributed by atoms with Crippen LogP contribution in [0.1, 0.15) is 22.8 Å². The number of hydrazone groups is 1. The predicted molar refractivity (Wildman–Crippen MR) is 140 cm³/mol. The molecule has 0 aliphatic heterocycles. The number of benzene rings is 3. The zero-order valence-electron chi connectivity index (χ0n) is 18.8. The SMILES string of the molecule is C/C(=N\NC(=O)CN(c1cccc(Cl)c1Cl)S(C)(=O)=O)c1cccc(NC(=O)c2ccccc2)c1. The first-order valence-corrected chi connectivity index (χ1v) is 12.9. The van der Waals surface area contributed by atoms with Crippen LogP contribution >= 0.6 is 23.2 Å². The Bertz CT molecular complexity index is 1380. The third kappa shape index (κ3) is 7.05. The third-order valence-electron chi connectivity index (χ3n) is 4.81. The van der Waals surface area contributed by atoms with E-state index >= 15 is 0 Å². The normalized spacial score (nSPS) is 11.6. The summed E-state index contributed by atoms with van der Waals surface area (Å²) in [5.41, 5.74) is 4.60. The minimum atomic E-state index is -3.84. The summed E-state index contributed by atoms with van der Waals surface area (Å²) in [4.78, 5) is 24.9. The summed E-state index contributed by atoms with van der Waals surface area (Å²) in [6.07, 6.45) is 0.960. The van der Waals surface area contributed by atoms with Crippen LogP contribution in [-0.4, -0.2) is 38.7 Å². The number of carbonyl (C=O) groups is 2. The number of rotatable bonds is 8. The molecule has 0 atom stereocenters. The summed E-state index contributed by atoms with van der Waals surface area (Å²) in [5, 5.41) is 7.05. The molecule has 3 aromatic rings. The van der Waals surface area contributed by atoms with Crippen molar-refractivity contribution in [2.24, 2.45) is 5.10 Å². The highest BCUT2D eigenvalue weighted by atomic mass is 35.5. The smallest absolute Gasteiger partial charge is 0.260 e. The van der Waals surface area contributed by atoms with Crippen molar-refractivity contribution in [2.75, 3.05) is 22.4 Å². The number of nitrogens with zero attached hydrogens (tertiary/aromatic N) is 2. The van der Waals surface area contributed by atoms with Crippen molar-refractivity contribution in [2.45, 2.75) is 6.92 Å². The molecule has 0 aromatic heterocycles. The monoisotopic (exact) mass is 532 g/mol. The van der Waals surface area contributed by atoms with E-state index < -0.39 is 22.5 Å². The molecule has 0 saturated heterocycles. The Morgan fingerprint density at radius 3 is 2.29 bits per heavy atom. The van der Waals surface area contributed by atoms with Crippen LogP contribution in [0, 0.1) is 0 Å². The van der Waals surface area contributed by atoms with E-state index in [0.29, 0.717) is 22.5 Å². The fraction of sp³-hybridized carbons (Fsp3) is 0.125. The van der Waals surface area contributed by atoms with Crippen molar-refractivity contribution >= 4 is 62.1 Å². The highest BCUT2D eigenvalue weighted by Crippen LogP contribution is 2.33. The van der Waals surface area contributed by atoms with Crippen LogP contribution < -0.4 is 15.0 Å². The summed E-state index contributed by atoms with van der Waals surface area (Å²) >= 11 is 12.1. The number of sulfonamides is 1. The van der Waals surface area contributed by atoms with Crippen LogP contribution in [0.15, 0.2) is 77.9 Å². The standard InChI is InChI=1S/C24H22Cl2N4O4S/c1-16(18-10-6-11-19(14-18)27-24(32)17-8-4-3-5-9-17)28-29-22(31)15-30(35(2,33)34)21-13-7-12-20(25)23(21)26/h3-14H,15H2,1-2H3,(H,27,32)(H,29,31)/b28-16+. The van der Waals surface area contributed by atoms with E-state index in [-0.39, 0.29) is 21.6 Å². The van der Waals surface area contributed by atoms with Crippen molar-refractivity contribution in [3.63, 3.8) is 0 Å². The lowest BCUT2D eigenvalue weighted by molar-refractivity contribution is -0.119. The second-order valence-corrected chi connectivity index (χ2v) is 10.2. The maximum Gasteiger partial charge on any atom is 0.260 e. The van der Waals surface area contributed by atoms with E-state index in [4.69, 9.17) is 23.2 Å². The first kappa shape index (κ1) is 26.2. The zero-order chi connectivity index (χ0) is 25.6. The molecule has 0 aliphatic carbocycles. The van der Waals surface area contributed by atoms with Crippen LogP contribution in [0.2, 0.25) is 10.0 Å². The van der Waals surface area contributed by atoms with Crippen molar-refractivity contribution in [3.05, 3.63) is 94.0 Å². The summed E-state index contributed by atoms with van der Waals surface area (Å²) < 4.78 is 25.4. The van der Waals surface area contributed by atoms with Gasteiger partial charge in [0.15, 0.2) is 0 Å². The molecule has 182 valence electrons. The molecule has 0 bridgehead atoms. The van der Waals surface area contributed by atoms with Gasteiger partial charge in [0.1, 0.15) is 6.54 Å². The van der Waals surface area contributed by atoms with Gasteiger partial charge in [-0.1, -0.05) is 59.6 Å². The molecular formula is C24H22Cl2N4O4S. The molecule has 0 fully saturated rings. The Balaban J connectivity index is 1.71. The van der Waals surface area contributed by atoms with E-state index in [1.54, 1.807) is 55.5 Å². The molecule has 3 aromatic carbocycles. The van der Waals surface area contributed by atoms with Gasteiger partial charge in [-0.2, -0.15) is 5.10 Å². The highest BCUT2D eigenvalue weighted by Gasteiger charge is 2.24. The summed E-state index contributed by atoms with van der Waals surface area (Å²) in [6.45, 7) is 1.11. The molecule has 2 N–H and O–H groups in total. The topological polar surface area (TPSA) is 108 Å². The molecule has 0 unspecified atom stereocenters. The number of hydrogen-bond donors (Lipinski definition) is 2. The fourth-order valence-electron chi connectivity index (χ4n) is 3.06. The molecule has 11 heteroatoms. The van der Waals surface area contributed by atoms with Gasteiger partial charge in [0.25, 0.3) is 11.8 Å². The quantitative estimate of drug-likeness (QED) is 0.327. The second kappa shape index (κ2) is 11.4. The zero-order valence-corrected chi connectivity index (χ0v) is 21.2. The van der Waals surface area contributed by atoms with Crippen molar-refractivity contribution in [3.8, 4) is 0 Å². The van der Waals surface area contributed by atoms with Gasteiger partial charge in [-0.25, -0.2) is 13.8 Å². The van der Waals surface area contributed by atoms with Crippen LogP contribution in [0.25, 0.3) is 0 Å². The fourth-order valence-corrected chi connectivity index (χ4v) is 4.37. The minimum absolute atomic E-state index is 0.0152. The Kier molecular flexibility index (Phi) is 8.50. The highest BCUT2D eigenvalue weighted by molar-refractivity contribution is 7.92. The molecule has 0 radical (unpaired) electrons. The van der Waals surface area contributed by atoms with Gasteiger partial charge in [-0.3, -0.25) is 13.9 Å². The van der Waals surface area contributed by atoms with Gasteiger partial charge in [-0.15, -0.1) is 0 Å². The number of halogens is 2. The van der Waals surface area contributed by atoms with Crippen LogP contribution in [-0.2, 0) is 14.8 Å². The Hall–Kier alpha value is -3.40. The molecule has 8 nitrogen and oxygen atoms in total. The van der Waals surface area contributed by atoms with Gasteiger partial charge in [0.05, 0.1) is 27.7 Å². The Morgan fingerprint density at radius 2 is 1.60 bits per heavy atom. The van der Waals surface area contributed by atoms with Gasteiger partial charge in [-0.05, 0) is 48.9 Å². The lowest BCUT2D eigenvalue weighted by Crippen LogP contribution is -2.39. The lowest BCUT2D eigenvalue weighted by atomic mass is 10.1. The molecule has 0 aliphatic rings. The van der Waals surface area contributed by atoms with Crippen LogP contribution in [0.3, 0.4) is 0 Å². The molecule has 35 heavy (non-hydrogen) atoms. The van der Waals surface area contributed by atoms with E-state index in [9.17, 15) is 18.0 Å². The number of amides is 2. The third-order valence-corrected chi connectivity index (χ3v) is 6.75.